The lowest BCUT2D eigenvalue weighted by Crippen LogP contribution is -2.65. The zero-order valence-electron chi connectivity index (χ0n) is 13.5. The standard InChI is InChI=1S/C18H24N2O3/c1-2-3-11-19-16-15(21)10-9-14(17(19)22)20(18(16)23)12-13-7-5-4-6-8-13/h4-8,14-16,21H,2-3,9-12H2,1H3/t14-,15+,16-/m0/s1. The van der Waals surface area contributed by atoms with Crippen LogP contribution in [0.4, 0.5) is 0 Å². The van der Waals surface area contributed by atoms with Crippen LogP contribution in [0, 0.1) is 0 Å². The summed E-state index contributed by atoms with van der Waals surface area (Å²) in [7, 11) is 0. The number of hydrogen-bond donors (Lipinski definition) is 1. The molecule has 0 spiro atoms. The first kappa shape index (κ1) is 16.0. The molecule has 0 saturated carbocycles. The van der Waals surface area contributed by atoms with Crippen molar-refractivity contribution in [3.63, 3.8) is 0 Å². The van der Waals surface area contributed by atoms with Crippen LogP contribution in [-0.4, -0.2) is 51.5 Å². The monoisotopic (exact) mass is 316 g/mol. The number of carbonyl (C=O) groups is 2. The van der Waals surface area contributed by atoms with Crippen molar-refractivity contribution in [2.24, 2.45) is 0 Å². The number of amides is 2. The molecule has 0 radical (unpaired) electrons. The first-order chi connectivity index (χ1) is 11.1. The highest BCUT2D eigenvalue weighted by Gasteiger charge is 2.51. The van der Waals surface area contributed by atoms with Gasteiger partial charge in [0.05, 0.1) is 6.10 Å². The second-order valence-corrected chi connectivity index (χ2v) is 6.44. The number of nitrogens with zero attached hydrogens (tertiary/aromatic N) is 2. The van der Waals surface area contributed by atoms with Crippen molar-refractivity contribution in [2.45, 2.75) is 57.3 Å². The minimum atomic E-state index is -0.755. The van der Waals surface area contributed by atoms with Gasteiger partial charge in [-0.2, -0.15) is 0 Å². The summed E-state index contributed by atoms with van der Waals surface area (Å²) in [5.41, 5.74) is 1.01. The molecule has 3 saturated heterocycles. The summed E-state index contributed by atoms with van der Waals surface area (Å²) in [4.78, 5) is 29.0. The molecule has 1 aromatic carbocycles. The van der Waals surface area contributed by atoms with E-state index < -0.39 is 18.2 Å². The molecular formula is C18H24N2O3. The minimum Gasteiger partial charge on any atom is -0.390 e. The maximum Gasteiger partial charge on any atom is 0.249 e. The summed E-state index contributed by atoms with van der Waals surface area (Å²) in [5, 5.41) is 10.4. The highest BCUT2D eigenvalue weighted by atomic mass is 16.3. The van der Waals surface area contributed by atoms with Crippen LogP contribution < -0.4 is 0 Å². The van der Waals surface area contributed by atoms with Crippen molar-refractivity contribution < 1.29 is 14.7 Å². The smallest absolute Gasteiger partial charge is 0.249 e. The summed E-state index contributed by atoms with van der Waals surface area (Å²) in [6.45, 7) is 3.04. The normalized spacial score (nSPS) is 27.5. The topological polar surface area (TPSA) is 60.9 Å². The maximum atomic E-state index is 12.9. The summed E-state index contributed by atoms with van der Waals surface area (Å²) in [6.07, 6.45) is 2.10. The van der Waals surface area contributed by atoms with E-state index in [1.54, 1.807) is 9.80 Å². The van der Waals surface area contributed by atoms with Crippen molar-refractivity contribution in [2.75, 3.05) is 6.54 Å². The molecule has 3 aliphatic heterocycles. The average Bonchev–Trinajstić information content (AvgIpc) is 2.75. The highest BCUT2D eigenvalue weighted by Crippen LogP contribution is 2.31. The van der Waals surface area contributed by atoms with Crippen molar-refractivity contribution >= 4 is 11.8 Å². The molecule has 3 heterocycles. The fourth-order valence-corrected chi connectivity index (χ4v) is 3.60. The fourth-order valence-electron chi connectivity index (χ4n) is 3.60. The molecule has 0 aromatic heterocycles. The van der Waals surface area contributed by atoms with Gasteiger partial charge in [-0.25, -0.2) is 0 Å². The number of benzene rings is 1. The van der Waals surface area contributed by atoms with Crippen LogP contribution in [0.25, 0.3) is 0 Å². The van der Waals surface area contributed by atoms with E-state index in [1.807, 2.05) is 30.3 Å². The van der Waals surface area contributed by atoms with Gasteiger partial charge in [0.25, 0.3) is 0 Å². The van der Waals surface area contributed by atoms with Crippen LogP contribution in [0.15, 0.2) is 30.3 Å². The van der Waals surface area contributed by atoms with Gasteiger partial charge < -0.3 is 14.9 Å². The van der Waals surface area contributed by atoms with Gasteiger partial charge in [-0.3, -0.25) is 9.59 Å². The molecule has 1 N–H and O–H groups in total. The summed E-state index contributed by atoms with van der Waals surface area (Å²) in [6, 6.07) is 8.56. The molecule has 4 rings (SSSR count). The van der Waals surface area contributed by atoms with Gasteiger partial charge in [0.2, 0.25) is 11.8 Å². The number of rotatable bonds is 5. The Labute approximate surface area is 136 Å². The summed E-state index contributed by atoms with van der Waals surface area (Å²) in [5.74, 6) is -0.116. The molecule has 5 heteroatoms. The first-order valence-electron chi connectivity index (χ1n) is 8.46. The molecule has 23 heavy (non-hydrogen) atoms. The van der Waals surface area contributed by atoms with Crippen LogP contribution in [0.3, 0.4) is 0 Å². The molecule has 3 fully saturated rings. The number of hydrogen-bond acceptors (Lipinski definition) is 3. The van der Waals surface area contributed by atoms with E-state index in [4.69, 9.17) is 0 Å². The molecule has 2 amide bonds. The number of unbranched alkanes of at least 4 members (excludes halogenated alkanes) is 1. The van der Waals surface area contributed by atoms with Gasteiger partial charge >= 0.3 is 0 Å². The summed E-state index contributed by atoms with van der Waals surface area (Å²) < 4.78 is 0. The van der Waals surface area contributed by atoms with Crippen LogP contribution >= 0.6 is 0 Å². The zero-order valence-corrected chi connectivity index (χ0v) is 13.5. The van der Waals surface area contributed by atoms with Crippen molar-refractivity contribution in [3.05, 3.63) is 35.9 Å². The highest BCUT2D eigenvalue weighted by molar-refractivity contribution is 5.98. The maximum absolute atomic E-state index is 12.9. The molecular weight excluding hydrogens is 292 g/mol. The minimum absolute atomic E-state index is 0.00414. The van der Waals surface area contributed by atoms with E-state index >= 15 is 0 Å². The Morgan fingerprint density at radius 3 is 2.52 bits per heavy atom. The van der Waals surface area contributed by atoms with Crippen molar-refractivity contribution in [1.82, 2.24) is 9.80 Å². The fraction of sp³-hybridized carbons (Fsp3) is 0.556. The van der Waals surface area contributed by atoms with Gasteiger partial charge in [-0.15, -0.1) is 0 Å². The van der Waals surface area contributed by atoms with Gasteiger partial charge in [0.1, 0.15) is 12.1 Å². The molecule has 1 aromatic rings. The van der Waals surface area contributed by atoms with E-state index in [-0.39, 0.29) is 11.8 Å². The second-order valence-electron chi connectivity index (χ2n) is 6.44. The third-order valence-corrected chi connectivity index (χ3v) is 4.86. The quantitative estimate of drug-likeness (QED) is 0.896. The van der Waals surface area contributed by atoms with Gasteiger partial charge in [-0.05, 0) is 24.8 Å². The van der Waals surface area contributed by atoms with Crippen LogP contribution in [0.1, 0.15) is 38.2 Å². The van der Waals surface area contributed by atoms with Crippen LogP contribution in [0.2, 0.25) is 0 Å². The number of carbonyl (C=O) groups excluding carboxylic acids is 2. The molecule has 3 atom stereocenters. The summed E-state index contributed by atoms with van der Waals surface area (Å²) >= 11 is 0. The Kier molecular flexibility index (Phi) is 4.66. The van der Waals surface area contributed by atoms with Gasteiger partial charge in [0, 0.05) is 13.1 Å². The third-order valence-electron chi connectivity index (χ3n) is 4.86. The van der Waals surface area contributed by atoms with E-state index in [2.05, 4.69) is 6.92 Å². The molecule has 0 unspecified atom stereocenters. The lowest BCUT2D eigenvalue weighted by Gasteiger charge is -2.43. The van der Waals surface area contributed by atoms with Crippen LogP contribution in [0.5, 0.6) is 0 Å². The number of piperazine rings is 1. The average molecular weight is 316 g/mol. The number of fused-ring (bicyclic) bond motifs is 4. The predicted molar refractivity (Wildman–Crippen MR) is 86.4 cm³/mol. The van der Waals surface area contributed by atoms with Gasteiger partial charge in [0.15, 0.2) is 0 Å². The van der Waals surface area contributed by atoms with E-state index in [0.717, 1.165) is 18.4 Å². The van der Waals surface area contributed by atoms with E-state index in [9.17, 15) is 14.7 Å². The van der Waals surface area contributed by atoms with Gasteiger partial charge in [-0.1, -0.05) is 43.7 Å². The molecule has 2 bridgehead atoms. The largest absolute Gasteiger partial charge is 0.390 e. The Hall–Kier alpha value is -1.88. The molecule has 3 aliphatic rings. The van der Waals surface area contributed by atoms with E-state index in [1.165, 1.54) is 0 Å². The molecule has 5 nitrogen and oxygen atoms in total. The van der Waals surface area contributed by atoms with Crippen LogP contribution in [-0.2, 0) is 16.1 Å². The third kappa shape index (κ3) is 2.98. The molecule has 124 valence electrons. The van der Waals surface area contributed by atoms with Crippen molar-refractivity contribution in [3.8, 4) is 0 Å². The SMILES string of the molecule is CCCCN1C(=O)[C@@H]2CC[C@@H](O)[C@H]1C(=O)N2Cc1ccccc1. The Balaban J connectivity index is 1.87. The lowest BCUT2D eigenvalue weighted by molar-refractivity contribution is -0.164. The van der Waals surface area contributed by atoms with E-state index in [0.29, 0.717) is 25.9 Å². The number of aliphatic hydroxyl groups is 1. The molecule has 0 aliphatic carbocycles. The Bertz CT molecular complexity index is 575. The number of aliphatic hydroxyl groups excluding tert-OH is 1. The Morgan fingerprint density at radius 2 is 1.83 bits per heavy atom. The van der Waals surface area contributed by atoms with Crippen molar-refractivity contribution in [1.29, 1.82) is 0 Å². The predicted octanol–water partition coefficient (Wildman–Crippen LogP) is 1.55. The Morgan fingerprint density at radius 1 is 1.09 bits per heavy atom. The zero-order chi connectivity index (χ0) is 16.4. The lowest BCUT2D eigenvalue weighted by atomic mass is 10.0. The second kappa shape index (κ2) is 6.71. The first-order valence-corrected chi connectivity index (χ1v) is 8.46.